The molecule has 1 aliphatic rings. The summed E-state index contributed by atoms with van der Waals surface area (Å²) in [7, 11) is 0. The SMILES string of the molecule is O=C(NCCC1=CCCCC1)C(=O)c1c[nH]c2ccc(F)cc12. The molecule has 0 radical (unpaired) electrons. The molecule has 3 rings (SSSR count). The molecule has 0 fully saturated rings. The van der Waals surface area contributed by atoms with Crippen molar-refractivity contribution in [2.45, 2.75) is 32.1 Å². The van der Waals surface area contributed by atoms with Crippen LogP contribution in [0.15, 0.2) is 36.0 Å². The highest BCUT2D eigenvalue weighted by atomic mass is 19.1. The van der Waals surface area contributed by atoms with Gasteiger partial charge in [-0.15, -0.1) is 0 Å². The van der Waals surface area contributed by atoms with Gasteiger partial charge in [-0.2, -0.15) is 0 Å². The van der Waals surface area contributed by atoms with E-state index in [2.05, 4.69) is 16.4 Å². The lowest BCUT2D eigenvalue weighted by atomic mass is 9.97. The van der Waals surface area contributed by atoms with Crippen LogP contribution in [-0.2, 0) is 4.79 Å². The molecule has 120 valence electrons. The summed E-state index contributed by atoms with van der Waals surface area (Å²) in [5.41, 5.74) is 2.18. The molecule has 0 spiro atoms. The molecule has 2 aromatic rings. The van der Waals surface area contributed by atoms with E-state index >= 15 is 0 Å². The topological polar surface area (TPSA) is 62.0 Å². The monoisotopic (exact) mass is 314 g/mol. The summed E-state index contributed by atoms with van der Waals surface area (Å²) in [6, 6.07) is 4.12. The summed E-state index contributed by atoms with van der Waals surface area (Å²) < 4.78 is 13.3. The number of carbonyl (C=O) groups is 2. The number of H-pyrrole nitrogens is 1. The van der Waals surface area contributed by atoms with Crippen molar-refractivity contribution >= 4 is 22.6 Å². The van der Waals surface area contributed by atoms with Gasteiger partial charge in [0.25, 0.3) is 11.7 Å². The number of Topliss-reactive ketones (excluding diaryl/α,β-unsaturated/α-hetero) is 1. The first-order chi connectivity index (χ1) is 11.1. The maximum absolute atomic E-state index is 13.3. The Morgan fingerprint density at radius 1 is 1.26 bits per heavy atom. The van der Waals surface area contributed by atoms with Gasteiger partial charge in [0.2, 0.25) is 0 Å². The third-order valence-electron chi connectivity index (χ3n) is 4.21. The lowest BCUT2D eigenvalue weighted by Crippen LogP contribution is -2.32. The number of allylic oxidation sites excluding steroid dienone is 1. The Morgan fingerprint density at radius 2 is 2.13 bits per heavy atom. The van der Waals surface area contributed by atoms with Crippen LogP contribution in [0.1, 0.15) is 42.5 Å². The van der Waals surface area contributed by atoms with Gasteiger partial charge in [-0.25, -0.2) is 4.39 Å². The van der Waals surface area contributed by atoms with Gasteiger partial charge in [-0.3, -0.25) is 9.59 Å². The number of nitrogens with one attached hydrogen (secondary N) is 2. The van der Waals surface area contributed by atoms with Crippen LogP contribution in [0.4, 0.5) is 4.39 Å². The zero-order valence-electron chi connectivity index (χ0n) is 12.8. The minimum absolute atomic E-state index is 0.203. The van der Waals surface area contributed by atoms with E-state index in [4.69, 9.17) is 0 Å². The normalized spacial score (nSPS) is 14.6. The van der Waals surface area contributed by atoms with Crippen LogP contribution in [0.25, 0.3) is 10.9 Å². The van der Waals surface area contributed by atoms with Crippen LogP contribution in [0.3, 0.4) is 0 Å². The average Bonchev–Trinajstić information content (AvgIpc) is 2.98. The van der Waals surface area contributed by atoms with Crippen LogP contribution in [0.5, 0.6) is 0 Å². The first-order valence-corrected chi connectivity index (χ1v) is 7.92. The molecule has 0 saturated heterocycles. The van der Waals surface area contributed by atoms with Crippen molar-refractivity contribution in [3.05, 3.63) is 47.4 Å². The Morgan fingerprint density at radius 3 is 2.91 bits per heavy atom. The van der Waals surface area contributed by atoms with Gasteiger partial charge >= 0.3 is 0 Å². The molecule has 0 aliphatic heterocycles. The second-order valence-electron chi connectivity index (χ2n) is 5.84. The second kappa shape index (κ2) is 6.77. The number of fused-ring (bicyclic) bond motifs is 1. The predicted octanol–water partition coefficient (Wildman–Crippen LogP) is 3.50. The van der Waals surface area contributed by atoms with Crippen LogP contribution >= 0.6 is 0 Å². The highest BCUT2D eigenvalue weighted by molar-refractivity contribution is 6.44. The Kier molecular flexibility index (Phi) is 4.55. The molecule has 1 heterocycles. The van der Waals surface area contributed by atoms with Crippen LogP contribution in [-0.4, -0.2) is 23.2 Å². The molecule has 1 aromatic heterocycles. The Hall–Kier alpha value is -2.43. The summed E-state index contributed by atoms with van der Waals surface area (Å²) in [5.74, 6) is -1.72. The summed E-state index contributed by atoms with van der Waals surface area (Å²) in [5, 5.41) is 3.09. The highest BCUT2D eigenvalue weighted by Gasteiger charge is 2.20. The Labute approximate surface area is 133 Å². The molecule has 0 atom stereocenters. The van der Waals surface area contributed by atoms with Crippen molar-refractivity contribution in [2.75, 3.05) is 6.54 Å². The molecule has 2 N–H and O–H groups in total. The maximum atomic E-state index is 13.3. The molecular formula is C18H19FN2O2. The molecule has 5 heteroatoms. The van der Waals surface area contributed by atoms with Crippen LogP contribution in [0, 0.1) is 5.82 Å². The summed E-state index contributed by atoms with van der Waals surface area (Å²) >= 11 is 0. The number of halogens is 1. The number of ketones is 1. The van der Waals surface area contributed by atoms with E-state index < -0.39 is 17.5 Å². The number of amides is 1. The lowest BCUT2D eigenvalue weighted by molar-refractivity contribution is -0.116. The van der Waals surface area contributed by atoms with Gasteiger partial charge < -0.3 is 10.3 Å². The maximum Gasteiger partial charge on any atom is 0.292 e. The zero-order valence-corrected chi connectivity index (χ0v) is 12.8. The molecule has 0 bridgehead atoms. The zero-order chi connectivity index (χ0) is 16.2. The van der Waals surface area contributed by atoms with Gasteiger partial charge in [-0.1, -0.05) is 11.6 Å². The van der Waals surface area contributed by atoms with Gasteiger partial charge in [-0.05, 0) is 50.3 Å². The van der Waals surface area contributed by atoms with Gasteiger partial charge in [0.15, 0.2) is 0 Å². The predicted molar refractivity (Wildman–Crippen MR) is 86.8 cm³/mol. The van der Waals surface area contributed by atoms with Gasteiger partial charge in [0.05, 0.1) is 5.56 Å². The van der Waals surface area contributed by atoms with Gasteiger partial charge in [0.1, 0.15) is 5.82 Å². The Bertz CT molecular complexity index is 776. The van der Waals surface area contributed by atoms with E-state index in [1.165, 1.54) is 36.7 Å². The standard InChI is InChI=1S/C18H19FN2O2/c19-13-6-7-16-14(10-13)15(11-21-16)17(22)18(23)20-9-8-12-4-2-1-3-5-12/h4,6-7,10-11,21H,1-3,5,8-9H2,(H,20,23). The number of hydrogen-bond donors (Lipinski definition) is 2. The molecule has 1 amide bonds. The van der Waals surface area contributed by atoms with Crippen molar-refractivity contribution in [1.82, 2.24) is 10.3 Å². The van der Waals surface area contributed by atoms with Crippen molar-refractivity contribution in [3.8, 4) is 0 Å². The smallest absolute Gasteiger partial charge is 0.292 e. The fraction of sp³-hybridized carbons (Fsp3) is 0.333. The van der Waals surface area contributed by atoms with Crippen molar-refractivity contribution < 1.29 is 14.0 Å². The molecular weight excluding hydrogens is 295 g/mol. The van der Waals surface area contributed by atoms with E-state index in [-0.39, 0.29) is 5.56 Å². The first-order valence-electron chi connectivity index (χ1n) is 7.92. The minimum atomic E-state index is -0.647. The average molecular weight is 314 g/mol. The first kappa shape index (κ1) is 15.5. The number of aromatic nitrogens is 1. The van der Waals surface area contributed by atoms with E-state index in [1.54, 1.807) is 6.07 Å². The molecule has 1 aromatic carbocycles. The number of hydrogen-bond acceptors (Lipinski definition) is 2. The van der Waals surface area contributed by atoms with E-state index in [1.807, 2.05) is 0 Å². The van der Waals surface area contributed by atoms with Crippen LogP contribution in [0.2, 0.25) is 0 Å². The highest BCUT2D eigenvalue weighted by Crippen LogP contribution is 2.21. The fourth-order valence-corrected chi connectivity index (χ4v) is 2.95. The van der Waals surface area contributed by atoms with Crippen molar-refractivity contribution in [2.24, 2.45) is 0 Å². The molecule has 23 heavy (non-hydrogen) atoms. The lowest BCUT2D eigenvalue weighted by Gasteiger charge is -2.12. The summed E-state index contributed by atoms with van der Waals surface area (Å²) in [6.07, 6.45) is 9.05. The fourth-order valence-electron chi connectivity index (χ4n) is 2.95. The van der Waals surface area contributed by atoms with E-state index in [0.717, 1.165) is 19.3 Å². The molecule has 0 unspecified atom stereocenters. The van der Waals surface area contributed by atoms with Crippen molar-refractivity contribution in [3.63, 3.8) is 0 Å². The van der Waals surface area contributed by atoms with E-state index in [9.17, 15) is 14.0 Å². The third-order valence-corrected chi connectivity index (χ3v) is 4.21. The molecule has 1 aliphatic carbocycles. The second-order valence-corrected chi connectivity index (χ2v) is 5.84. The number of benzene rings is 1. The molecule has 0 saturated carbocycles. The Balaban J connectivity index is 1.63. The van der Waals surface area contributed by atoms with Crippen LogP contribution < -0.4 is 5.32 Å². The number of rotatable bonds is 5. The van der Waals surface area contributed by atoms with Crippen molar-refractivity contribution in [1.29, 1.82) is 0 Å². The molecule has 4 nitrogen and oxygen atoms in total. The largest absolute Gasteiger partial charge is 0.360 e. The van der Waals surface area contributed by atoms with Gasteiger partial charge in [0, 0.05) is 23.6 Å². The number of aromatic amines is 1. The number of carbonyl (C=O) groups excluding carboxylic acids is 2. The quantitative estimate of drug-likeness (QED) is 0.504. The minimum Gasteiger partial charge on any atom is -0.360 e. The third kappa shape index (κ3) is 3.50. The van der Waals surface area contributed by atoms with E-state index in [0.29, 0.717) is 17.4 Å². The summed E-state index contributed by atoms with van der Waals surface area (Å²) in [6.45, 7) is 0.452. The summed E-state index contributed by atoms with van der Waals surface area (Å²) in [4.78, 5) is 27.2.